The first-order valence-electron chi connectivity index (χ1n) is 7.74. The van der Waals surface area contributed by atoms with Crippen molar-refractivity contribution in [2.45, 2.75) is 19.8 Å². The highest BCUT2D eigenvalue weighted by Crippen LogP contribution is 2.29. The van der Waals surface area contributed by atoms with Crippen molar-refractivity contribution in [3.05, 3.63) is 59.4 Å². The molecule has 0 aliphatic heterocycles. The molecule has 6 heteroatoms. The Bertz CT molecular complexity index is 911. The van der Waals surface area contributed by atoms with E-state index >= 15 is 0 Å². The van der Waals surface area contributed by atoms with E-state index in [0.29, 0.717) is 22.6 Å². The van der Waals surface area contributed by atoms with E-state index in [4.69, 9.17) is 10.2 Å². The Kier molecular flexibility index (Phi) is 4.56. The fraction of sp³-hybridized carbons (Fsp3) is 0.167. The number of hydrogen-bond acceptors (Lipinski definition) is 5. The maximum Gasteiger partial charge on any atom is 0.255 e. The maximum atomic E-state index is 12.3. The van der Waals surface area contributed by atoms with Crippen molar-refractivity contribution >= 4 is 12.1 Å². The summed E-state index contributed by atoms with van der Waals surface area (Å²) in [5.41, 5.74) is 7.54. The van der Waals surface area contributed by atoms with E-state index < -0.39 is 0 Å². The van der Waals surface area contributed by atoms with E-state index in [9.17, 15) is 4.79 Å². The van der Waals surface area contributed by atoms with Crippen molar-refractivity contribution in [3.8, 4) is 22.6 Å². The minimum atomic E-state index is -0.123. The molecule has 0 aromatic carbocycles. The van der Waals surface area contributed by atoms with Crippen LogP contribution in [0.15, 0.2) is 58.2 Å². The predicted octanol–water partition coefficient (Wildman–Crippen LogP) is 3.42. The van der Waals surface area contributed by atoms with Gasteiger partial charge in [-0.25, -0.2) is 9.97 Å². The van der Waals surface area contributed by atoms with Crippen LogP contribution in [0, 0.1) is 0 Å². The molecule has 0 saturated heterocycles. The van der Waals surface area contributed by atoms with Crippen LogP contribution < -0.4 is 11.3 Å². The lowest BCUT2D eigenvalue weighted by atomic mass is 10.1. The fourth-order valence-electron chi connectivity index (χ4n) is 2.34. The fourth-order valence-corrected chi connectivity index (χ4v) is 2.34. The van der Waals surface area contributed by atoms with Gasteiger partial charge >= 0.3 is 0 Å². The minimum Gasteiger partial charge on any atom is -0.463 e. The minimum absolute atomic E-state index is 0.123. The molecule has 0 bridgehead atoms. The van der Waals surface area contributed by atoms with Crippen LogP contribution in [0.1, 0.15) is 19.8 Å². The molecule has 0 aliphatic rings. The second kappa shape index (κ2) is 6.95. The van der Waals surface area contributed by atoms with Gasteiger partial charge in [0, 0.05) is 30.2 Å². The number of pyridine rings is 1. The van der Waals surface area contributed by atoms with Crippen LogP contribution in [-0.2, 0) is 0 Å². The maximum absolute atomic E-state index is 12.3. The number of allylic oxidation sites excluding steroid dienone is 1. The summed E-state index contributed by atoms with van der Waals surface area (Å²) in [6.45, 7) is 2.09. The highest BCUT2D eigenvalue weighted by atomic mass is 16.3. The van der Waals surface area contributed by atoms with Crippen molar-refractivity contribution in [2.75, 3.05) is 5.73 Å². The molecule has 0 radical (unpaired) electrons. The van der Waals surface area contributed by atoms with Gasteiger partial charge in [0.25, 0.3) is 5.56 Å². The van der Waals surface area contributed by atoms with Crippen molar-refractivity contribution in [3.63, 3.8) is 0 Å². The first-order chi connectivity index (χ1) is 11.7. The van der Waals surface area contributed by atoms with Crippen molar-refractivity contribution in [1.82, 2.24) is 14.5 Å². The summed E-state index contributed by atoms with van der Waals surface area (Å²) < 4.78 is 6.96. The van der Waals surface area contributed by atoms with Gasteiger partial charge in [0.15, 0.2) is 5.76 Å². The van der Waals surface area contributed by atoms with Crippen LogP contribution in [0.25, 0.3) is 28.8 Å². The van der Waals surface area contributed by atoms with Crippen LogP contribution >= 0.6 is 0 Å². The Hall–Kier alpha value is -3.15. The average Bonchev–Trinajstić information content (AvgIpc) is 3.11. The smallest absolute Gasteiger partial charge is 0.255 e. The van der Waals surface area contributed by atoms with Crippen molar-refractivity contribution in [1.29, 1.82) is 0 Å². The Morgan fingerprint density at radius 1 is 1.38 bits per heavy atom. The molecule has 0 amide bonds. The normalized spacial score (nSPS) is 11.2. The SMILES string of the molecule is CCCC=Cn1ccc(-c2cnc(N)nc2-c2ccco2)cc1=O. The Morgan fingerprint density at radius 3 is 2.96 bits per heavy atom. The van der Waals surface area contributed by atoms with Gasteiger partial charge in [-0.05, 0) is 30.2 Å². The summed E-state index contributed by atoms with van der Waals surface area (Å²) in [5.74, 6) is 0.729. The molecule has 0 unspecified atom stereocenters. The van der Waals surface area contributed by atoms with Crippen LogP contribution in [0.5, 0.6) is 0 Å². The average molecular weight is 322 g/mol. The number of rotatable bonds is 5. The monoisotopic (exact) mass is 322 g/mol. The first-order valence-corrected chi connectivity index (χ1v) is 7.74. The van der Waals surface area contributed by atoms with Crippen LogP contribution in [0.4, 0.5) is 5.95 Å². The number of anilines is 1. The molecule has 6 nitrogen and oxygen atoms in total. The number of furan rings is 1. The third kappa shape index (κ3) is 3.27. The molecule has 0 spiro atoms. The molecule has 0 atom stereocenters. The second-order valence-corrected chi connectivity index (χ2v) is 5.30. The van der Waals surface area contributed by atoms with E-state index in [1.807, 2.05) is 12.1 Å². The van der Waals surface area contributed by atoms with E-state index in [1.165, 1.54) is 0 Å². The zero-order valence-electron chi connectivity index (χ0n) is 13.3. The molecule has 3 aromatic rings. The second-order valence-electron chi connectivity index (χ2n) is 5.30. The number of aromatic nitrogens is 3. The van der Waals surface area contributed by atoms with Gasteiger partial charge in [0.2, 0.25) is 5.95 Å². The lowest BCUT2D eigenvalue weighted by molar-refractivity contribution is 0.580. The lowest BCUT2D eigenvalue weighted by Crippen LogP contribution is -2.13. The zero-order chi connectivity index (χ0) is 16.9. The molecular weight excluding hydrogens is 304 g/mol. The summed E-state index contributed by atoms with van der Waals surface area (Å²) in [6.07, 6.45) is 10.6. The topological polar surface area (TPSA) is 86.9 Å². The summed E-state index contributed by atoms with van der Waals surface area (Å²) in [4.78, 5) is 20.6. The molecule has 2 N–H and O–H groups in total. The van der Waals surface area contributed by atoms with Crippen LogP contribution in [-0.4, -0.2) is 14.5 Å². The molecule has 0 saturated carbocycles. The van der Waals surface area contributed by atoms with Gasteiger partial charge in [0.05, 0.1) is 6.26 Å². The van der Waals surface area contributed by atoms with Gasteiger partial charge in [-0.2, -0.15) is 0 Å². The van der Waals surface area contributed by atoms with Gasteiger partial charge in [-0.15, -0.1) is 0 Å². The number of nitrogen functional groups attached to an aromatic ring is 1. The molecule has 122 valence electrons. The van der Waals surface area contributed by atoms with E-state index in [-0.39, 0.29) is 11.5 Å². The highest BCUT2D eigenvalue weighted by Gasteiger charge is 2.13. The first kappa shape index (κ1) is 15.7. The summed E-state index contributed by atoms with van der Waals surface area (Å²) in [7, 11) is 0. The van der Waals surface area contributed by atoms with Crippen LogP contribution in [0.2, 0.25) is 0 Å². The Balaban J connectivity index is 2.04. The molecule has 24 heavy (non-hydrogen) atoms. The van der Waals surface area contributed by atoms with Gasteiger partial charge in [-0.3, -0.25) is 9.36 Å². The van der Waals surface area contributed by atoms with Crippen LogP contribution in [0.3, 0.4) is 0 Å². The third-order valence-electron chi connectivity index (χ3n) is 3.54. The quantitative estimate of drug-likeness (QED) is 0.777. The lowest BCUT2D eigenvalue weighted by Gasteiger charge is -2.08. The zero-order valence-corrected chi connectivity index (χ0v) is 13.3. The standard InChI is InChI=1S/C18H18N4O2/c1-2-3-4-8-22-9-7-13(11-16(22)23)14-12-20-18(19)21-17(14)15-6-5-10-24-15/h4-12H,2-3H2,1H3,(H2,19,20,21). The molecule has 3 heterocycles. The number of nitrogens with two attached hydrogens (primary N) is 1. The van der Waals surface area contributed by atoms with E-state index in [1.54, 1.807) is 47.6 Å². The predicted molar refractivity (Wildman–Crippen MR) is 94.1 cm³/mol. The number of hydrogen-bond donors (Lipinski definition) is 1. The van der Waals surface area contributed by atoms with Gasteiger partial charge < -0.3 is 10.2 Å². The number of nitrogens with zero attached hydrogens (tertiary/aromatic N) is 3. The summed E-state index contributed by atoms with van der Waals surface area (Å²) in [5, 5.41) is 0. The van der Waals surface area contributed by atoms with Gasteiger partial charge in [-0.1, -0.05) is 19.4 Å². The van der Waals surface area contributed by atoms with Crippen molar-refractivity contribution < 1.29 is 4.42 Å². The summed E-state index contributed by atoms with van der Waals surface area (Å²) >= 11 is 0. The van der Waals surface area contributed by atoms with Crippen molar-refractivity contribution in [2.24, 2.45) is 0 Å². The molecule has 0 aliphatic carbocycles. The number of unbranched alkanes of at least 4 members (excludes halogenated alkanes) is 1. The third-order valence-corrected chi connectivity index (χ3v) is 3.54. The summed E-state index contributed by atoms with van der Waals surface area (Å²) in [6, 6.07) is 6.96. The van der Waals surface area contributed by atoms with Gasteiger partial charge in [0.1, 0.15) is 5.69 Å². The van der Waals surface area contributed by atoms with E-state index in [2.05, 4.69) is 16.9 Å². The Labute approximate surface area is 139 Å². The molecule has 3 rings (SSSR count). The largest absolute Gasteiger partial charge is 0.463 e. The molecular formula is C18H18N4O2. The molecule has 0 fully saturated rings. The van der Waals surface area contributed by atoms with E-state index in [0.717, 1.165) is 12.8 Å². The molecule has 3 aromatic heterocycles. The highest BCUT2D eigenvalue weighted by molar-refractivity contribution is 5.78. The Morgan fingerprint density at radius 2 is 2.25 bits per heavy atom.